The van der Waals surface area contributed by atoms with Crippen LogP contribution >= 0.6 is 23.2 Å². The van der Waals surface area contributed by atoms with Crippen LogP contribution in [0.1, 0.15) is 24.0 Å². The highest BCUT2D eigenvalue weighted by molar-refractivity contribution is 6.30. The third kappa shape index (κ3) is 4.05. The minimum atomic E-state index is -0.0962. The van der Waals surface area contributed by atoms with Gasteiger partial charge in [-0.2, -0.15) is 0 Å². The van der Waals surface area contributed by atoms with Crippen LogP contribution in [0.3, 0.4) is 0 Å². The Morgan fingerprint density at radius 1 is 0.714 bits per heavy atom. The van der Waals surface area contributed by atoms with E-state index in [2.05, 4.69) is 73.4 Å². The van der Waals surface area contributed by atoms with E-state index in [0.717, 1.165) is 52.8 Å². The zero-order valence-electron chi connectivity index (χ0n) is 19.0. The lowest BCUT2D eigenvalue weighted by Gasteiger charge is -2.44. The minimum absolute atomic E-state index is 0.0962. The molecule has 5 aromatic rings. The summed E-state index contributed by atoms with van der Waals surface area (Å²) in [6.07, 6.45) is 5.21. The molecule has 0 amide bonds. The van der Waals surface area contributed by atoms with Crippen molar-refractivity contribution in [1.82, 2.24) is 19.9 Å². The zero-order valence-corrected chi connectivity index (χ0v) is 20.5. The first-order valence-electron chi connectivity index (χ1n) is 11.6. The van der Waals surface area contributed by atoms with Crippen LogP contribution in [0, 0.1) is 0 Å². The van der Waals surface area contributed by atoms with Crippen LogP contribution in [0.2, 0.25) is 10.0 Å². The van der Waals surface area contributed by atoms with Crippen molar-refractivity contribution in [2.45, 2.75) is 18.3 Å². The summed E-state index contributed by atoms with van der Waals surface area (Å²) in [6, 6.07) is 25.2. The summed E-state index contributed by atoms with van der Waals surface area (Å²) in [5.74, 6) is 0. The molecule has 1 saturated heterocycles. The van der Waals surface area contributed by atoms with Gasteiger partial charge in [0, 0.05) is 39.8 Å². The number of aromatic nitrogens is 4. The molecular weight excluding hydrogens is 477 g/mol. The molecule has 7 heteroatoms. The molecule has 0 spiro atoms. The van der Waals surface area contributed by atoms with E-state index < -0.39 is 0 Å². The van der Waals surface area contributed by atoms with E-state index in [-0.39, 0.29) is 5.41 Å². The molecule has 0 aliphatic carbocycles. The Balaban J connectivity index is 1.35. The number of H-pyrrole nitrogens is 1. The summed E-state index contributed by atoms with van der Waals surface area (Å²) in [7, 11) is 0. The fraction of sp³-hybridized carbons (Fsp3) is 0.179. The number of anilines is 1. The molecule has 2 aromatic heterocycles. The number of nitrogens with zero attached hydrogens (tertiary/aromatic N) is 4. The standard InChI is InChI=1S/C28H23Cl2N5/c29-22-7-5-21(6-8-22)28(13-15-35(16-14-28)24-11-9-23(30)10-12-24)20-3-1-19(2-4-20)25-26-27(33-17-31-25)34-18-32-26/h1-12,17-18H,13-16H2,(H,31,32,33,34). The molecule has 5 nitrogen and oxygen atoms in total. The van der Waals surface area contributed by atoms with Crippen molar-refractivity contribution in [2.24, 2.45) is 0 Å². The second kappa shape index (κ2) is 8.99. The van der Waals surface area contributed by atoms with Gasteiger partial charge in [-0.05, 0) is 60.4 Å². The molecule has 1 fully saturated rings. The molecule has 1 aliphatic heterocycles. The van der Waals surface area contributed by atoms with Gasteiger partial charge in [0.2, 0.25) is 0 Å². The summed E-state index contributed by atoms with van der Waals surface area (Å²) in [4.78, 5) is 18.6. The lowest BCUT2D eigenvalue weighted by atomic mass is 9.68. The van der Waals surface area contributed by atoms with Crippen molar-refractivity contribution >= 4 is 40.1 Å². The van der Waals surface area contributed by atoms with Crippen LogP contribution in [0.4, 0.5) is 5.69 Å². The average Bonchev–Trinajstić information content (AvgIpc) is 3.39. The van der Waals surface area contributed by atoms with Gasteiger partial charge in [0.15, 0.2) is 5.65 Å². The van der Waals surface area contributed by atoms with Crippen LogP contribution in [-0.2, 0) is 5.41 Å². The third-order valence-electron chi connectivity index (χ3n) is 7.14. The molecule has 0 atom stereocenters. The molecule has 6 rings (SSSR count). The van der Waals surface area contributed by atoms with E-state index in [1.165, 1.54) is 16.8 Å². The Kier molecular flexibility index (Phi) is 5.67. The predicted octanol–water partition coefficient (Wildman–Crippen LogP) is 6.91. The van der Waals surface area contributed by atoms with Gasteiger partial charge in [-0.15, -0.1) is 0 Å². The van der Waals surface area contributed by atoms with Crippen molar-refractivity contribution in [3.8, 4) is 11.3 Å². The van der Waals surface area contributed by atoms with Crippen molar-refractivity contribution in [1.29, 1.82) is 0 Å². The summed E-state index contributed by atoms with van der Waals surface area (Å²) in [5.41, 5.74) is 7.13. The van der Waals surface area contributed by atoms with Crippen LogP contribution in [0.5, 0.6) is 0 Å². The number of imidazole rings is 1. The highest BCUT2D eigenvalue weighted by Gasteiger charge is 2.38. The van der Waals surface area contributed by atoms with E-state index in [4.69, 9.17) is 23.2 Å². The van der Waals surface area contributed by atoms with Crippen LogP contribution < -0.4 is 4.90 Å². The van der Waals surface area contributed by atoms with Gasteiger partial charge in [-0.1, -0.05) is 59.6 Å². The highest BCUT2D eigenvalue weighted by Crippen LogP contribution is 2.43. The van der Waals surface area contributed by atoms with Gasteiger partial charge in [-0.3, -0.25) is 0 Å². The summed E-state index contributed by atoms with van der Waals surface area (Å²) in [5, 5.41) is 1.52. The Morgan fingerprint density at radius 2 is 1.31 bits per heavy atom. The summed E-state index contributed by atoms with van der Waals surface area (Å²) in [6.45, 7) is 1.90. The zero-order chi connectivity index (χ0) is 23.8. The number of aromatic amines is 1. The molecule has 0 bridgehead atoms. The van der Waals surface area contributed by atoms with Crippen LogP contribution in [0.25, 0.3) is 22.4 Å². The fourth-order valence-corrected chi connectivity index (χ4v) is 5.49. The number of halogens is 2. The Bertz CT molecular complexity index is 1450. The Morgan fingerprint density at radius 3 is 1.97 bits per heavy atom. The molecule has 0 unspecified atom stereocenters. The Labute approximate surface area is 213 Å². The van der Waals surface area contributed by atoms with Gasteiger partial charge < -0.3 is 9.88 Å². The van der Waals surface area contributed by atoms with Crippen LogP contribution in [0.15, 0.2) is 85.5 Å². The first-order chi connectivity index (χ1) is 17.1. The molecule has 1 aliphatic rings. The fourth-order valence-electron chi connectivity index (χ4n) is 5.24. The number of hydrogen-bond acceptors (Lipinski definition) is 4. The molecular formula is C28H23Cl2N5. The smallest absolute Gasteiger partial charge is 0.181 e. The first-order valence-corrected chi connectivity index (χ1v) is 12.4. The van der Waals surface area contributed by atoms with Crippen molar-refractivity contribution in [2.75, 3.05) is 18.0 Å². The molecule has 174 valence electrons. The summed E-state index contributed by atoms with van der Waals surface area (Å²) < 4.78 is 0. The second-order valence-corrected chi connectivity index (χ2v) is 9.83. The maximum Gasteiger partial charge on any atom is 0.181 e. The van der Waals surface area contributed by atoms with E-state index in [9.17, 15) is 0 Å². The quantitative estimate of drug-likeness (QED) is 0.291. The van der Waals surface area contributed by atoms with Gasteiger partial charge in [0.1, 0.15) is 11.8 Å². The maximum absolute atomic E-state index is 6.25. The largest absolute Gasteiger partial charge is 0.371 e. The van der Waals surface area contributed by atoms with Gasteiger partial charge >= 0.3 is 0 Å². The molecule has 3 heterocycles. The van der Waals surface area contributed by atoms with E-state index in [0.29, 0.717) is 5.65 Å². The SMILES string of the molecule is Clc1ccc(N2CCC(c3ccc(Cl)cc3)(c3ccc(-c4ncnc5nc[nH]c45)cc3)CC2)cc1. The molecule has 0 saturated carbocycles. The lowest BCUT2D eigenvalue weighted by molar-refractivity contribution is 0.392. The number of rotatable bonds is 4. The van der Waals surface area contributed by atoms with E-state index in [1.54, 1.807) is 12.7 Å². The van der Waals surface area contributed by atoms with E-state index in [1.807, 2.05) is 24.3 Å². The number of benzene rings is 3. The van der Waals surface area contributed by atoms with Gasteiger partial charge in [0.25, 0.3) is 0 Å². The van der Waals surface area contributed by atoms with Crippen molar-refractivity contribution < 1.29 is 0 Å². The number of piperidine rings is 1. The lowest BCUT2D eigenvalue weighted by Crippen LogP contribution is -2.43. The monoisotopic (exact) mass is 499 g/mol. The maximum atomic E-state index is 6.25. The molecule has 1 N–H and O–H groups in total. The average molecular weight is 500 g/mol. The van der Waals surface area contributed by atoms with Gasteiger partial charge in [-0.25, -0.2) is 15.0 Å². The van der Waals surface area contributed by atoms with Crippen molar-refractivity contribution in [3.63, 3.8) is 0 Å². The highest BCUT2D eigenvalue weighted by atomic mass is 35.5. The number of fused-ring (bicyclic) bond motifs is 1. The Hall–Kier alpha value is -3.41. The first kappa shape index (κ1) is 22.1. The number of hydrogen-bond donors (Lipinski definition) is 1. The summed E-state index contributed by atoms with van der Waals surface area (Å²) >= 11 is 12.4. The topological polar surface area (TPSA) is 57.7 Å². The second-order valence-electron chi connectivity index (χ2n) is 8.95. The predicted molar refractivity (Wildman–Crippen MR) is 142 cm³/mol. The molecule has 35 heavy (non-hydrogen) atoms. The minimum Gasteiger partial charge on any atom is -0.371 e. The number of nitrogens with one attached hydrogen (secondary N) is 1. The third-order valence-corrected chi connectivity index (χ3v) is 7.64. The van der Waals surface area contributed by atoms with Crippen LogP contribution in [-0.4, -0.2) is 33.0 Å². The normalized spacial score (nSPS) is 15.4. The molecule has 0 radical (unpaired) electrons. The van der Waals surface area contributed by atoms with Crippen molar-refractivity contribution in [3.05, 3.63) is 107 Å². The van der Waals surface area contributed by atoms with E-state index >= 15 is 0 Å². The molecule has 3 aromatic carbocycles. The van der Waals surface area contributed by atoms with Gasteiger partial charge in [0.05, 0.1) is 12.0 Å².